The Labute approximate surface area is 262 Å². The van der Waals surface area contributed by atoms with Crippen LogP contribution >= 0.6 is 0 Å². The van der Waals surface area contributed by atoms with Crippen molar-refractivity contribution in [2.75, 3.05) is 26.2 Å². The number of hydrogen-bond donors (Lipinski definition) is 2. The molecule has 0 aliphatic rings. The molecule has 0 unspecified atom stereocenters. The molecule has 0 fully saturated rings. The molecule has 2 amide bonds. The van der Waals surface area contributed by atoms with E-state index in [0.29, 0.717) is 25.9 Å². The molecule has 0 aromatic rings. The minimum atomic E-state index is 0.0138. The monoisotopic (exact) mass is 595 g/mol. The molecule has 0 rings (SSSR count). The van der Waals surface area contributed by atoms with Crippen LogP contribution in [0.1, 0.15) is 200 Å². The Kier molecular flexibility index (Phi) is 33.8. The second-order valence-electron chi connectivity index (χ2n) is 12.8. The van der Waals surface area contributed by atoms with Gasteiger partial charge in [0.1, 0.15) is 0 Å². The summed E-state index contributed by atoms with van der Waals surface area (Å²) in [6.45, 7) is 6.42. The summed E-state index contributed by atoms with van der Waals surface area (Å²) in [4.78, 5) is 27.5. The summed E-state index contributed by atoms with van der Waals surface area (Å²) >= 11 is 0. The van der Waals surface area contributed by atoms with Crippen molar-refractivity contribution in [1.29, 1.82) is 0 Å². The molecule has 0 saturated carbocycles. The maximum Gasteiger partial charge on any atom is 0.229 e. The highest BCUT2D eigenvalue weighted by Crippen LogP contribution is 2.16. The lowest BCUT2D eigenvalue weighted by Crippen LogP contribution is -2.38. The zero-order chi connectivity index (χ0) is 30.8. The van der Waals surface area contributed by atoms with E-state index in [1.807, 2.05) is 0 Å². The Morgan fingerprint density at radius 2 is 0.762 bits per heavy atom. The quantitative estimate of drug-likeness (QED) is 0.0727. The van der Waals surface area contributed by atoms with Gasteiger partial charge in [0.2, 0.25) is 11.8 Å². The first kappa shape index (κ1) is 41.1. The van der Waals surface area contributed by atoms with Gasteiger partial charge in [-0.3, -0.25) is 14.5 Å². The molecular weight excluding hydrogens is 520 g/mol. The molecule has 42 heavy (non-hydrogen) atoms. The average Bonchev–Trinajstić information content (AvgIpc) is 2.99. The van der Waals surface area contributed by atoms with Gasteiger partial charge in [0.05, 0.1) is 6.61 Å². The molecule has 0 bridgehead atoms. The number of unbranched alkanes of at least 4 members (excludes halogenated alkanes) is 24. The first-order valence-corrected chi connectivity index (χ1v) is 18.8. The van der Waals surface area contributed by atoms with E-state index in [0.717, 1.165) is 38.6 Å². The van der Waals surface area contributed by atoms with Crippen LogP contribution in [-0.2, 0) is 9.59 Å². The number of rotatable bonds is 34. The third-order valence-electron chi connectivity index (χ3n) is 8.61. The van der Waals surface area contributed by atoms with Crippen LogP contribution in [0.25, 0.3) is 0 Å². The molecular formula is C37H74N2O3. The Morgan fingerprint density at radius 3 is 1.07 bits per heavy atom. The number of carbonyl (C=O) groups excluding carboxylic acids is 2. The standard InChI is InChI=1S/C37H74N2O3/c1-3-5-7-9-11-13-15-17-19-21-23-25-27-30-36(41)39(34-29-32-38-33-35-40)37(42)31-28-26-24-22-20-18-16-14-12-10-8-6-4-2/h38,40H,3-35H2,1-2H3. The van der Waals surface area contributed by atoms with Gasteiger partial charge in [-0.05, 0) is 25.8 Å². The molecule has 0 aliphatic carbocycles. The van der Waals surface area contributed by atoms with Gasteiger partial charge in [-0.1, -0.05) is 168 Å². The minimum Gasteiger partial charge on any atom is -0.395 e. The maximum atomic E-state index is 13.0. The lowest BCUT2D eigenvalue weighted by atomic mass is 10.0. The molecule has 0 heterocycles. The summed E-state index contributed by atoms with van der Waals surface area (Å²) < 4.78 is 0. The van der Waals surface area contributed by atoms with Crippen molar-refractivity contribution in [2.45, 2.75) is 200 Å². The van der Waals surface area contributed by atoms with Crippen molar-refractivity contribution in [1.82, 2.24) is 10.2 Å². The summed E-state index contributed by atoms with van der Waals surface area (Å²) in [6.07, 6.45) is 35.2. The van der Waals surface area contributed by atoms with Crippen molar-refractivity contribution < 1.29 is 14.7 Å². The molecule has 2 N–H and O–H groups in total. The lowest BCUT2D eigenvalue weighted by molar-refractivity contribution is -0.145. The largest absolute Gasteiger partial charge is 0.395 e. The van der Waals surface area contributed by atoms with E-state index < -0.39 is 0 Å². The fraction of sp³-hybridized carbons (Fsp3) is 0.946. The molecule has 0 radical (unpaired) electrons. The highest BCUT2D eigenvalue weighted by Gasteiger charge is 2.20. The average molecular weight is 595 g/mol. The smallest absolute Gasteiger partial charge is 0.229 e. The molecule has 0 saturated heterocycles. The van der Waals surface area contributed by atoms with Gasteiger partial charge < -0.3 is 10.4 Å². The van der Waals surface area contributed by atoms with Crippen molar-refractivity contribution >= 4 is 11.8 Å². The molecule has 250 valence electrons. The molecule has 0 aromatic heterocycles. The van der Waals surface area contributed by atoms with Gasteiger partial charge in [-0.15, -0.1) is 0 Å². The van der Waals surface area contributed by atoms with Gasteiger partial charge in [0.25, 0.3) is 0 Å². The Bertz CT molecular complexity index is 527. The summed E-state index contributed by atoms with van der Waals surface area (Å²) in [5.74, 6) is 0.0276. The van der Waals surface area contributed by atoms with E-state index in [9.17, 15) is 9.59 Å². The zero-order valence-corrected chi connectivity index (χ0v) is 28.5. The third kappa shape index (κ3) is 29.1. The first-order chi connectivity index (χ1) is 20.7. The molecule has 5 nitrogen and oxygen atoms in total. The van der Waals surface area contributed by atoms with E-state index in [1.54, 1.807) is 4.90 Å². The fourth-order valence-electron chi connectivity index (χ4n) is 5.81. The second-order valence-corrected chi connectivity index (χ2v) is 12.8. The van der Waals surface area contributed by atoms with Crippen molar-refractivity contribution in [3.63, 3.8) is 0 Å². The van der Waals surface area contributed by atoms with Crippen LogP contribution in [0.3, 0.4) is 0 Å². The highest BCUT2D eigenvalue weighted by molar-refractivity contribution is 5.95. The number of nitrogens with one attached hydrogen (secondary N) is 1. The van der Waals surface area contributed by atoms with Gasteiger partial charge >= 0.3 is 0 Å². The van der Waals surface area contributed by atoms with Crippen LogP contribution in [0.4, 0.5) is 0 Å². The van der Waals surface area contributed by atoms with E-state index in [4.69, 9.17) is 5.11 Å². The topological polar surface area (TPSA) is 69.6 Å². The number of carbonyl (C=O) groups is 2. The Balaban J connectivity index is 4.02. The van der Waals surface area contributed by atoms with Crippen molar-refractivity contribution in [3.05, 3.63) is 0 Å². The zero-order valence-electron chi connectivity index (χ0n) is 28.5. The van der Waals surface area contributed by atoms with Crippen molar-refractivity contribution in [3.8, 4) is 0 Å². The summed E-state index contributed by atoms with van der Waals surface area (Å²) in [5, 5.41) is 12.1. The number of aliphatic hydroxyl groups excluding tert-OH is 1. The number of nitrogens with zero attached hydrogens (tertiary/aromatic N) is 1. The van der Waals surface area contributed by atoms with Crippen LogP contribution in [0.15, 0.2) is 0 Å². The van der Waals surface area contributed by atoms with Crippen molar-refractivity contribution in [2.24, 2.45) is 0 Å². The van der Waals surface area contributed by atoms with Crippen LogP contribution in [0, 0.1) is 0 Å². The minimum absolute atomic E-state index is 0.0138. The number of aliphatic hydroxyl groups is 1. The van der Waals surface area contributed by atoms with E-state index in [-0.39, 0.29) is 18.4 Å². The summed E-state index contributed by atoms with van der Waals surface area (Å²) in [6, 6.07) is 0. The number of imide groups is 1. The van der Waals surface area contributed by atoms with Gasteiger partial charge in [-0.2, -0.15) is 0 Å². The molecule has 0 atom stereocenters. The Hall–Kier alpha value is -0.940. The molecule has 5 heteroatoms. The van der Waals surface area contributed by atoms with Crippen LogP contribution in [0.5, 0.6) is 0 Å². The lowest BCUT2D eigenvalue weighted by Gasteiger charge is -2.21. The van der Waals surface area contributed by atoms with E-state index in [1.165, 1.54) is 141 Å². The molecule has 0 spiro atoms. The SMILES string of the molecule is CCCCCCCCCCCCCCCC(=O)N(CCCNCCO)C(=O)CCCCCCCCCCCCCCC. The molecule has 0 aliphatic heterocycles. The van der Waals surface area contributed by atoms with Gasteiger partial charge in [0, 0.05) is 25.9 Å². The normalized spacial score (nSPS) is 11.3. The van der Waals surface area contributed by atoms with E-state index in [2.05, 4.69) is 19.2 Å². The fourth-order valence-corrected chi connectivity index (χ4v) is 5.81. The maximum absolute atomic E-state index is 13.0. The van der Waals surface area contributed by atoms with Gasteiger partial charge in [-0.25, -0.2) is 0 Å². The van der Waals surface area contributed by atoms with Crippen LogP contribution < -0.4 is 5.32 Å². The Morgan fingerprint density at radius 1 is 0.452 bits per heavy atom. The first-order valence-electron chi connectivity index (χ1n) is 18.8. The highest BCUT2D eigenvalue weighted by atomic mass is 16.3. The predicted molar refractivity (Wildman–Crippen MR) is 182 cm³/mol. The van der Waals surface area contributed by atoms with Crippen LogP contribution in [-0.4, -0.2) is 48.1 Å². The number of amides is 2. The second kappa shape index (κ2) is 34.5. The third-order valence-corrected chi connectivity index (χ3v) is 8.61. The van der Waals surface area contributed by atoms with Crippen LogP contribution in [0.2, 0.25) is 0 Å². The predicted octanol–water partition coefficient (Wildman–Crippen LogP) is 10.3. The summed E-state index contributed by atoms with van der Waals surface area (Å²) in [7, 11) is 0. The summed E-state index contributed by atoms with van der Waals surface area (Å²) in [5.41, 5.74) is 0. The van der Waals surface area contributed by atoms with E-state index >= 15 is 0 Å². The number of hydrogen-bond acceptors (Lipinski definition) is 4. The molecule has 0 aromatic carbocycles. The van der Waals surface area contributed by atoms with Gasteiger partial charge in [0.15, 0.2) is 0 Å².